The predicted molar refractivity (Wildman–Crippen MR) is 154 cm³/mol. The molecule has 200 valence electrons. The lowest BCUT2D eigenvalue weighted by Crippen LogP contribution is -2.24. The zero-order chi connectivity index (χ0) is 27.9. The van der Waals surface area contributed by atoms with E-state index in [1.54, 1.807) is 0 Å². The van der Waals surface area contributed by atoms with Gasteiger partial charge in [0.2, 0.25) is 0 Å². The van der Waals surface area contributed by atoms with Gasteiger partial charge in [0.05, 0.1) is 0 Å². The second-order valence-corrected chi connectivity index (χ2v) is 11.7. The Balaban J connectivity index is 1.76. The third-order valence-corrected chi connectivity index (χ3v) is 7.85. The van der Waals surface area contributed by atoms with Crippen LogP contribution in [0.1, 0.15) is 63.4 Å². The molecule has 0 radical (unpaired) electrons. The zero-order valence-corrected chi connectivity index (χ0v) is 23.7. The van der Waals surface area contributed by atoms with Gasteiger partial charge in [0, 0.05) is 6.42 Å². The van der Waals surface area contributed by atoms with Crippen LogP contribution in [0, 0.1) is 47.0 Å². The monoisotopic (exact) mass is 512 g/mol. The van der Waals surface area contributed by atoms with Gasteiger partial charge >= 0.3 is 0 Å². The van der Waals surface area contributed by atoms with E-state index in [2.05, 4.69) is 25.1 Å². The van der Waals surface area contributed by atoms with Gasteiger partial charge in [-0.3, -0.25) is 0 Å². The number of aliphatic hydroxyl groups is 1. The van der Waals surface area contributed by atoms with Crippen molar-refractivity contribution in [3.05, 3.63) is 109 Å². The van der Waals surface area contributed by atoms with Crippen LogP contribution in [0.15, 0.2) is 59.4 Å². The maximum atomic E-state index is 11.5. The molecule has 0 aliphatic heterocycles. The minimum atomic E-state index is -0.241. The molecule has 0 saturated heterocycles. The van der Waals surface area contributed by atoms with Gasteiger partial charge < -0.3 is 20.4 Å². The predicted octanol–water partition coefficient (Wildman–Crippen LogP) is 7.83. The van der Waals surface area contributed by atoms with Gasteiger partial charge in [-0.2, -0.15) is 0 Å². The van der Waals surface area contributed by atoms with Crippen molar-refractivity contribution in [2.24, 2.45) is 5.41 Å². The molecule has 0 amide bonds. The SMILES string of the molecule is Cc1cc(CC2=CC(C)(Cc3cc(C)c(O)c(C)c3)CC(Cc3cc(C)c(O)c(C)c3)=C2O)cc(C)c1O. The highest BCUT2D eigenvalue weighted by Gasteiger charge is 2.32. The van der Waals surface area contributed by atoms with Gasteiger partial charge in [0.1, 0.15) is 23.0 Å². The van der Waals surface area contributed by atoms with Crippen molar-refractivity contribution >= 4 is 0 Å². The van der Waals surface area contributed by atoms with E-state index >= 15 is 0 Å². The summed E-state index contributed by atoms with van der Waals surface area (Å²) in [4.78, 5) is 0. The average molecular weight is 513 g/mol. The summed E-state index contributed by atoms with van der Waals surface area (Å²) in [5.41, 5.74) is 9.95. The van der Waals surface area contributed by atoms with Crippen LogP contribution in [0.25, 0.3) is 0 Å². The van der Waals surface area contributed by atoms with Crippen molar-refractivity contribution in [2.45, 2.75) is 74.1 Å². The Hall–Kier alpha value is -3.66. The topological polar surface area (TPSA) is 80.9 Å². The maximum Gasteiger partial charge on any atom is 0.121 e. The van der Waals surface area contributed by atoms with Crippen LogP contribution in [0.4, 0.5) is 0 Å². The summed E-state index contributed by atoms with van der Waals surface area (Å²) < 4.78 is 0. The molecule has 0 fully saturated rings. The third kappa shape index (κ3) is 5.60. The van der Waals surface area contributed by atoms with Crippen LogP contribution in [-0.2, 0) is 19.3 Å². The minimum Gasteiger partial charge on any atom is -0.508 e. The first kappa shape index (κ1) is 27.4. The fourth-order valence-electron chi connectivity index (χ4n) is 6.11. The number of aromatic hydroxyl groups is 3. The highest BCUT2D eigenvalue weighted by molar-refractivity contribution is 5.49. The van der Waals surface area contributed by atoms with Gasteiger partial charge in [0.25, 0.3) is 0 Å². The number of hydrogen-bond donors (Lipinski definition) is 4. The molecule has 0 spiro atoms. The molecule has 1 aliphatic carbocycles. The second-order valence-electron chi connectivity index (χ2n) is 11.7. The summed E-state index contributed by atoms with van der Waals surface area (Å²) in [6, 6.07) is 12.1. The first-order chi connectivity index (χ1) is 17.8. The minimum absolute atomic E-state index is 0.241. The van der Waals surface area contributed by atoms with Crippen molar-refractivity contribution in [2.75, 3.05) is 0 Å². The quantitative estimate of drug-likeness (QED) is 0.271. The fourth-order valence-corrected chi connectivity index (χ4v) is 6.11. The molecule has 1 unspecified atom stereocenters. The van der Waals surface area contributed by atoms with Crippen LogP contribution in [-0.4, -0.2) is 20.4 Å². The lowest BCUT2D eigenvalue weighted by Gasteiger charge is -2.34. The molecule has 4 N–H and O–H groups in total. The largest absolute Gasteiger partial charge is 0.508 e. The van der Waals surface area contributed by atoms with Gasteiger partial charge in [-0.15, -0.1) is 0 Å². The summed E-state index contributed by atoms with van der Waals surface area (Å²) in [7, 11) is 0. The molecule has 3 aromatic rings. The molecule has 3 aromatic carbocycles. The number of allylic oxidation sites excluding steroid dienone is 3. The highest BCUT2D eigenvalue weighted by Crippen LogP contribution is 2.43. The molecule has 0 aromatic heterocycles. The van der Waals surface area contributed by atoms with E-state index in [0.717, 1.165) is 67.6 Å². The lowest BCUT2D eigenvalue weighted by atomic mass is 9.71. The summed E-state index contributed by atoms with van der Waals surface area (Å²) in [6.07, 6.45) is 4.86. The van der Waals surface area contributed by atoms with Crippen molar-refractivity contribution in [1.29, 1.82) is 0 Å². The van der Waals surface area contributed by atoms with Gasteiger partial charge in [-0.25, -0.2) is 0 Å². The van der Waals surface area contributed by atoms with E-state index in [0.29, 0.717) is 42.3 Å². The Bertz CT molecular complexity index is 1400. The van der Waals surface area contributed by atoms with E-state index in [1.165, 1.54) is 0 Å². The number of aliphatic hydroxyl groups excluding tert-OH is 1. The Morgan fingerprint density at radius 2 is 0.947 bits per heavy atom. The van der Waals surface area contributed by atoms with Crippen molar-refractivity contribution < 1.29 is 20.4 Å². The number of hydrogen-bond acceptors (Lipinski definition) is 4. The molecule has 4 nitrogen and oxygen atoms in total. The number of phenols is 3. The van der Waals surface area contributed by atoms with Crippen molar-refractivity contribution in [3.63, 3.8) is 0 Å². The number of aryl methyl sites for hydroxylation is 6. The van der Waals surface area contributed by atoms with E-state index in [-0.39, 0.29) is 5.41 Å². The molecular formula is C34H40O4. The van der Waals surface area contributed by atoms with Gasteiger partial charge in [-0.1, -0.05) is 49.4 Å². The molecule has 4 heteroatoms. The molecule has 1 atom stereocenters. The summed E-state index contributed by atoms with van der Waals surface area (Å²) in [5.74, 6) is 1.31. The van der Waals surface area contributed by atoms with Crippen LogP contribution in [0.2, 0.25) is 0 Å². The fraction of sp³-hybridized carbons (Fsp3) is 0.353. The summed E-state index contributed by atoms with van der Waals surface area (Å²) >= 11 is 0. The van der Waals surface area contributed by atoms with Crippen molar-refractivity contribution in [1.82, 2.24) is 0 Å². The molecule has 0 bridgehead atoms. The molecular weight excluding hydrogens is 472 g/mol. The van der Waals surface area contributed by atoms with Crippen LogP contribution in [0.5, 0.6) is 17.2 Å². The van der Waals surface area contributed by atoms with Gasteiger partial charge in [-0.05, 0) is 127 Å². The van der Waals surface area contributed by atoms with E-state index in [1.807, 2.05) is 65.8 Å². The van der Waals surface area contributed by atoms with Gasteiger partial charge in [0.15, 0.2) is 0 Å². The van der Waals surface area contributed by atoms with Crippen LogP contribution in [0.3, 0.4) is 0 Å². The molecule has 0 heterocycles. The van der Waals surface area contributed by atoms with E-state index in [9.17, 15) is 20.4 Å². The Labute approximate surface area is 226 Å². The standard InChI is InChI=1S/C34H40O4/c1-19-8-25(9-20(2)30(19)35)14-28-17-34(7,16-27-12-23(5)32(37)24(6)13-27)18-29(33(28)38)15-26-10-21(3)31(36)22(4)11-26/h8-13,17,35-38H,14-16,18H2,1-7H3. The first-order valence-corrected chi connectivity index (χ1v) is 13.3. The normalized spacial score (nSPS) is 17.6. The average Bonchev–Trinajstić information content (AvgIpc) is 2.82. The maximum absolute atomic E-state index is 11.5. The second kappa shape index (κ2) is 10.2. The molecule has 1 aliphatic rings. The summed E-state index contributed by atoms with van der Waals surface area (Å²) in [6.45, 7) is 13.7. The van der Waals surface area contributed by atoms with Crippen molar-refractivity contribution in [3.8, 4) is 17.2 Å². The number of benzene rings is 3. The lowest BCUT2D eigenvalue weighted by molar-refractivity contribution is 0.351. The molecule has 4 rings (SSSR count). The smallest absolute Gasteiger partial charge is 0.121 e. The third-order valence-electron chi connectivity index (χ3n) is 7.85. The van der Waals surface area contributed by atoms with E-state index in [4.69, 9.17) is 0 Å². The Kier molecular flexibility index (Phi) is 7.38. The molecule has 0 saturated carbocycles. The van der Waals surface area contributed by atoms with Crippen LogP contribution < -0.4 is 0 Å². The summed E-state index contributed by atoms with van der Waals surface area (Å²) in [5, 5.41) is 42.4. The Morgan fingerprint density at radius 1 is 0.579 bits per heavy atom. The Morgan fingerprint density at radius 3 is 1.37 bits per heavy atom. The zero-order valence-electron chi connectivity index (χ0n) is 23.7. The number of rotatable bonds is 6. The first-order valence-electron chi connectivity index (χ1n) is 13.3. The van der Waals surface area contributed by atoms with Crippen LogP contribution >= 0.6 is 0 Å². The highest BCUT2D eigenvalue weighted by atomic mass is 16.3. The van der Waals surface area contributed by atoms with E-state index < -0.39 is 0 Å². The number of phenolic OH excluding ortho intramolecular Hbond substituents is 3. The molecule has 38 heavy (non-hydrogen) atoms.